The van der Waals surface area contributed by atoms with Crippen molar-refractivity contribution in [2.24, 2.45) is 0 Å². The zero-order valence-electron chi connectivity index (χ0n) is 13.9. The largest absolute Gasteiger partial charge is 0.467 e. The van der Waals surface area contributed by atoms with E-state index in [9.17, 15) is 4.79 Å². The summed E-state index contributed by atoms with van der Waals surface area (Å²) in [6.07, 6.45) is 1.47. The van der Waals surface area contributed by atoms with Crippen molar-refractivity contribution >= 4 is 27.5 Å². The van der Waals surface area contributed by atoms with Gasteiger partial charge in [0.1, 0.15) is 11.2 Å². The molecule has 6 heteroatoms. The number of rotatable bonds is 5. The van der Waals surface area contributed by atoms with Crippen LogP contribution in [0.1, 0.15) is 19.4 Å². The summed E-state index contributed by atoms with van der Waals surface area (Å²) < 4.78 is 5.67. The van der Waals surface area contributed by atoms with Crippen molar-refractivity contribution in [3.63, 3.8) is 0 Å². The Morgan fingerprint density at radius 2 is 2.00 bits per heavy atom. The lowest BCUT2D eigenvalue weighted by Crippen LogP contribution is -2.34. The third-order valence-corrected chi connectivity index (χ3v) is 4.37. The maximum Gasteiger partial charge on any atom is 0.258 e. The second-order valence-corrected chi connectivity index (χ2v) is 6.74. The molecular weight excluding hydrogens is 322 g/mol. The highest BCUT2D eigenvalue weighted by atomic mass is 32.1. The van der Waals surface area contributed by atoms with Gasteiger partial charge in [0.05, 0.1) is 5.39 Å². The molecule has 1 amide bonds. The first kappa shape index (κ1) is 16.4. The molecule has 0 spiro atoms. The van der Waals surface area contributed by atoms with Crippen molar-refractivity contribution in [2.45, 2.75) is 26.8 Å². The van der Waals surface area contributed by atoms with E-state index >= 15 is 0 Å². The van der Waals surface area contributed by atoms with Crippen molar-refractivity contribution in [3.05, 3.63) is 41.5 Å². The summed E-state index contributed by atoms with van der Waals surface area (Å²) in [6, 6.07) is 8.35. The number of aryl methyl sites for hydroxylation is 1. The Kier molecular flexibility index (Phi) is 4.76. The Morgan fingerprint density at radius 3 is 2.71 bits per heavy atom. The van der Waals surface area contributed by atoms with Crippen LogP contribution in [0.3, 0.4) is 0 Å². The third kappa shape index (κ3) is 3.54. The topological polar surface area (TPSA) is 64.1 Å². The molecule has 0 fully saturated rings. The van der Waals surface area contributed by atoms with Gasteiger partial charge >= 0.3 is 0 Å². The van der Waals surface area contributed by atoms with Gasteiger partial charge in [-0.1, -0.05) is 29.8 Å². The number of nitrogens with zero attached hydrogens (tertiary/aromatic N) is 2. The first-order valence-electron chi connectivity index (χ1n) is 7.76. The van der Waals surface area contributed by atoms with Gasteiger partial charge in [0, 0.05) is 17.0 Å². The number of hydrogen-bond acceptors (Lipinski definition) is 5. The highest BCUT2D eigenvalue weighted by molar-refractivity contribution is 7.17. The van der Waals surface area contributed by atoms with E-state index in [-0.39, 0.29) is 18.6 Å². The van der Waals surface area contributed by atoms with Gasteiger partial charge in [-0.15, -0.1) is 11.3 Å². The van der Waals surface area contributed by atoms with Crippen LogP contribution in [0.5, 0.6) is 5.88 Å². The molecule has 1 aromatic carbocycles. The maximum atomic E-state index is 11.8. The molecular formula is C18H19N3O2S. The molecule has 0 unspecified atom stereocenters. The van der Waals surface area contributed by atoms with Gasteiger partial charge in [-0.3, -0.25) is 4.79 Å². The summed E-state index contributed by atoms with van der Waals surface area (Å²) >= 11 is 1.54. The van der Waals surface area contributed by atoms with Crippen LogP contribution in [0.2, 0.25) is 0 Å². The highest BCUT2D eigenvalue weighted by Gasteiger charge is 2.15. The highest BCUT2D eigenvalue weighted by Crippen LogP contribution is 2.37. The predicted molar refractivity (Wildman–Crippen MR) is 96.4 cm³/mol. The zero-order valence-corrected chi connectivity index (χ0v) is 14.7. The fourth-order valence-corrected chi connectivity index (χ4v) is 3.31. The Hall–Kier alpha value is -2.47. The van der Waals surface area contributed by atoms with Gasteiger partial charge in [0.25, 0.3) is 5.91 Å². The minimum atomic E-state index is -0.163. The normalized spacial score (nSPS) is 11.0. The lowest BCUT2D eigenvalue weighted by atomic mass is 10.0. The molecule has 0 saturated heterocycles. The SMILES string of the molecule is Cc1ccc(-c2csc3ncnc(OCC(=O)NC(C)C)c23)cc1. The van der Waals surface area contributed by atoms with Gasteiger partial charge in [-0.2, -0.15) is 0 Å². The van der Waals surface area contributed by atoms with E-state index in [1.807, 2.05) is 19.2 Å². The molecule has 124 valence electrons. The number of nitrogens with one attached hydrogen (secondary N) is 1. The fourth-order valence-electron chi connectivity index (χ4n) is 2.40. The second kappa shape index (κ2) is 6.97. The summed E-state index contributed by atoms with van der Waals surface area (Å²) in [5.41, 5.74) is 3.31. The smallest absolute Gasteiger partial charge is 0.258 e. The van der Waals surface area contributed by atoms with Gasteiger partial charge in [0.15, 0.2) is 6.61 Å². The molecule has 0 aliphatic carbocycles. The number of aromatic nitrogens is 2. The summed E-state index contributed by atoms with van der Waals surface area (Å²) in [5.74, 6) is 0.277. The number of ether oxygens (including phenoxy) is 1. The van der Waals surface area contributed by atoms with E-state index in [0.717, 1.165) is 21.3 Å². The molecule has 0 saturated carbocycles. The summed E-state index contributed by atoms with van der Waals surface area (Å²) in [4.78, 5) is 21.2. The van der Waals surface area contributed by atoms with E-state index in [1.54, 1.807) is 11.3 Å². The van der Waals surface area contributed by atoms with Crippen LogP contribution < -0.4 is 10.1 Å². The maximum absolute atomic E-state index is 11.8. The lowest BCUT2D eigenvalue weighted by molar-refractivity contribution is -0.123. The minimum Gasteiger partial charge on any atom is -0.467 e. The molecule has 24 heavy (non-hydrogen) atoms. The lowest BCUT2D eigenvalue weighted by Gasteiger charge is -2.10. The van der Waals surface area contributed by atoms with Crippen molar-refractivity contribution in [1.82, 2.24) is 15.3 Å². The molecule has 0 aliphatic heterocycles. The molecule has 0 atom stereocenters. The van der Waals surface area contributed by atoms with Crippen molar-refractivity contribution < 1.29 is 9.53 Å². The van der Waals surface area contributed by atoms with Crippen LogP contribution in [0.15, 0.2) is 36.0 Å². The molecule has 2 aromatic heterocycles. The van der Waals surface area contributed by atoms with Crippen LogP contribution in [-0.4, -0.2) is 28.5 Å². The van der Waals surface area contributed by atoms with E-state index in [2.05, 4.69) is 46.5 Å². The van der Waals surface area contributed by atoms with E-state index in [1.165, 1.54) is 11.9 Å². The standard InChI is InChI=1S/C18H19N3O2S/c1-11(2)21-15(22)8-23-17-16-14(9-24-18(16)20-10-19-17)13-6-4-12(3)5-7-13/h4-7,9-11H,8H2,1-3H3,(H,21,22). The number of fused-ring (bicyclic) bond motifs is 1. The summed E-state index contributed by atoms with van der Waals surface area (Å²) in [7, 11) is 0. The van der Waals surface area contributed by atoms with Crippen LogP contribution in [0, 0.1) is 6.92 Å². The van der Waals surface area contributed by atoms with Gasteiger partial charge in [0.2, 0.25) is 5.88 Å². The number of thiophene rings is 1. The second-order valence-electron chi connectivity index (χ2n) is 5.89. The first-order chi connectivity index (χ1) is 11.5. The number of hydrogen-bond donors (Lipinski definition) is 1. The Balaban J connectivity index is 1.92. The number of benzene rings is 1. The van der Waals surface area contributed by atoms with E-state index < -0.39 is 0 Å². The molecule has 0 aliphatic rings. The molecule has 0 bridgehead atoms. The third-order valence-electron chi connectivity index (χ3n) is 3.49. The van der Waals surface area contributed by atoms with Crippen molar-refractivity contribution in [1.29, 1.82) is 0 Å². The Labute approximate surface area is 144 Å². The van der Waals surface area contributed by atoms with E-state index in [0.29, 0.717) is 5.88 Å². The summed E-state index contributed by atoms with van der Waals surface area (Å²) in [5, 5.41) is 5.70. The predicted octanol–water partition coefficient (Wildman–Crippen LogP) is 3.57. The molecule has 3 rings (SSSR count). The van der Waals surface area contributed by atoms with Crippen molar-refractivity contribution in [3.8, 4) is 17.0 Å². The van der Waals surface area contributed by atoms with Crippen LogP contribution >= 0.6 is 11.3 Å². The minimum absolute atomic E-state index is 0.0620. The quantitative estimate of drug-likeness (QED) is 0.770. The molecule has 2 heterocycles. The first-order valence-corrected chi connectivity index (χ1v) is 8.64. The van der Waals surface area contributed by atoms with Crippen LogP contribution in [-0.2, 0) is 4.79 Å². The van der Waals surface area contributed by atoms with Crippen LogP contribution in [0.4, 0.5) is 0 Å². The molecule has 1 N–H and O–H groups in total. The number of carbonyl (C=O) groups excluding carboxylic acids is 1. The molecule has 5 nitrogen and oxygen atoms in total. The Morgan fingerprint density at radius 1 is 1.25 bits per heavy atom. The zero-order chi connectivity index (χ0) is 17.1. The number of carbonyl (C=O) groups is 1. The number of amides is 1. The monoisotopic (exact) mass is 341 g/mol. The molecule has 0 radical (unpaired) electrons. The van der Waals surface area contributed by atoms with Crippen LogP contribution in [0.25, 0.3) is 21.3 Å². The van der Waals surface area contributed by atoms with E-state index in [4.69, 9.17) is 4.74 Å². The van der Waals surface area contributed by atoms with Gasteiger partial charge in [-0.25, -0.2) is 9.97 Å². The Bertz CT molecular complexity index is 856. The van der Waals surface area contributed by atoms with Gasteiger partial charge in [-0.05, 0) is 26.3 Å². The van der Waals surface area contributed by atoms with Crippen molar-refractivity contribution in [2.75, 3.05) is 6.61 Å². The van der Waals surface area contributed by atoms with Gasteiger partial charge < -0.3 is 10.1 Å². The average Bonchev–Trinajstić information content (AvgIpc) is 2.97. The fraction of sp³-hybridized carbons (Fsp3) is 0.278. The molecule has 3 aromatic rings. The summed E-state index contributed by atoms with van der Waals surface area (Å²) in [6.45, 7) is 5.82. The average molecular weight is 341 g/mol.